The number of imide groups is 1. The summed E-state index contributed by atoms with van der Waals surface area (Å²) in [5, 5.41) is 9.70. The van der Waals surface area contributed by atoms with Crippen LogP contribution < -0.4 is 5.32 Å². The molecule has 0 saturated heterocycles. The van der Waals surface area contributed by atoms with E-state index in [1.165, 1.54) is 0 Å². The Bertz CT molecular complexity index is 170. The first-order valence-electron chi connectivity index (χ1n) is 4.33. The van der Waals surface area contributed by atoms with Gasteiger partial charge in [0.25, 0.3) is 0 Å². The van der Waals surface area contributed by atoms with Crippen LogP contribution in [0.4, 0.5) is 9.59 Å². The van der Waals surface area contributed by atoms with Crippen LogP contribution in [0.25, 0.3) is 0 Å². The molecule has 0 aromatic rings. The summed E-state index contributed by atoms with van der Waals surface area (Å²) in [6.07, 6.45) is 1.70. The van der Waals surface area contributed by atoms with Crippen molar-refractivity contribution in [2.45, 2.75) is 32.6 Å². The lowest BCUT2D eigenvalue weighted by molar-refractivity contribution is 0.138. The Balaban J connectivity index is 3.22. The Morgan fingerprint density at radius 1 is 1.31 bits per heavy atom. The second kappa shape index (κ2) is 7.39. The van der Waals surface area contributed by atoms with Crippen LogP contribution in [0.15, 0.2) is 0 Å². The molecule has 0 aromatic carbocycles. The molecule has 2 N–H and O–H groups in total. The average Bonchev–Trinajstić information content (AvgIpc) is 2.02. The van der Waals surface area contributed by atoms with Crippen molar-refractivity contribution in [3.05, 3.63) is 0 Å². The number of carbonyl (C=O) groups excluding carboxylic acids is 1. The van der Waals surface area contributed by atoms with Gasteiger partial charge in [-0.25, -0.2) is 14.9 Å². The first-order chi connectivity index (χ1) is 6.16. The number of nitrogens with one attached hydrogen (secondary N) is 1. The minimum Gasteiger partial charge on any atom is -0.465 e. The lowest BCUT2D eigenvalue weighted by atomic mass is 10.2. The van der Waals surface area contributed by atoms with Crippen molar-refractivity contribution < 1.29 is 19.4 Å². The number of rotatable bonds is 5. The monoisotopic (exact) mass is 189 g/mol. The van der Waals surface area contributed by atoms with E-state index in [4.69, 9.17) is 5.11 Å². The summed E-state index contributed by atoms with van der Waals surface area (Å²) < 4.78 is 4.57. The molecule has 0 aliphatic carbocycles. The zero-order valence-corrected chi connectivity index (χ0v) is 7.71. The summed E-state index contributed by atoms with van der Waals surface area (Å²) in [6, 6.07) is 0. The van der Waals surface area contributed by atoms with Gasteiger partial charge in [0, 0.05) is 0 Å². The van der Waals surface area contributed by atoms with Gasteiger partial charge >= 0.3 is 12.2 Å². The minimum atomic E-state index is -1.39. The Morgan fingerprint density at radius 3 is 2.54 bits per heavy atom. The second-order valence-corrected chi connectivity index (χ2v) is 2.63. The molecule has 2 amide bonds. The largest absolute Gasteiger partial charge is 0.465 e. The van der Waals surface area contributed by atoms with Crippen LogP contribution in [0.1, 0.15) is 32.6 Å². The van der Waals surface area contributed by atoms with Gasteiger partial charge in [-0.1, -0.05) is 26.2 Å². The van der Waals surface area contributed by atoms with E-state index in [0.717, 1.165) is 25.7 Å². The summed E-state index contributed by atoms with van der Waals surface area (Å²) in [6.45, 7) is 2.36. The van der Waals surface area contributed by atoms with Crippen molar-refractivity contribution in [2.24, 2.45) is 0 Å². The summed E-state index contributed by atoms with van der Waals surface area (Å²) in [7, 11) is 0. The lowest BCUT2D eigenvalue weighted by Gasteiger charge is -2.02. The fourth-order valence-corrected chi connectivity index (χ4v) is 0.817. The zero-order chi connectivity index (χ0) is 10.1. The minimum absolute atomic E-state index is 0.277. The Hall–Kier alpha value is -1.26. The Morgan fingerprint density at radius 2 is 2.00 bits per heavy atom. The Labute approximate surface area is 77.1 Å². The average molecular weight is 189 g/mol. The normalized spacial score (nSPS) is 9.31. The smallest absolute Gasteiger partial charge is 0.416 e. The van der Waals surface area contributed by atoms with Crippen LogP contribution in [0.5, 0.6) is 0 Å². The van der Waals surface area contributed by atoms with Gasteiger partial charge in [0.15, 0.2) is 0 Å². The molecule has 5 nitrogen and oxygen atoms in total. The van der Waals surface area contributed by atoms with E-state index in [1.807, 2.05) is 0 Å². The maximum Gasteiger partial charge on any atom is 0.416 e. The summed E-state index contributed by atoms with van der Waals surface area (Å²) in [5.74, 6) is 0. The van der Waals surface area contributed by atoms with Gasteiger partial charge < -0.3 is 9.84 Å². The summed E-state index contributed by atoms with van der Waals surface area (Å²) >= 11 is 0. The van der Waals surface area contributed by atoms with Crippen molar-refractivity contribution >= 4 is 12.2 Å². The van der Waals surface area contributed by atoms with E-state index >= 15 is 0 Å². The van der Waals surface area contributed by atoms with Crippen molar-refractivity contribution in [3.63, 3.8) is 0 Å². The predicted octanol–water partition coefficient (Wildman–Crippen LogP) is 1.97. The fraction of sp³-hybridized carbons (Fsp3) is 0.750. The number of ether oxygens (including phenoxy) is 1. The van der Waals surface area contributed by atoms with Crippen molar-refractivity contribution in [1.29, 1.82) is 0 Å². The van der Waals surface area contributed by atoms with Gasteiger partial charge in [-0.05, 0) is 6.42 Å². The van der Waals surface area contributed by atoms with Gasteiger partial charge in [0.2, 0.25) is 0 Å². The highest BCUT2D eigenvalue weighted by atomic mass is 16.6. The molecular weight excluding hydrogens is 174 g/mol. The quantitative estimate of drug-likeness (QED) is 0.648. The number of carbonyl (C=O) groups is 2. The fourth-order valence-electron chi connectivity index (χ4n) is 0.817. The number of hydrogen-bond acceptors (Lipinski definition) is 3. The first-order valence-corrected chi connectivity index (χ1v) is 4.33. The van der Waals surface area contributed by atoms with E-state index in [2.05, 4.69) is 11.7 Å². The van der Waals surface area contributed by atoms with Crippen molar-refractivity contribution in [1.82, 2.24) is 5.32 Å². The topological polar surface area (TPSA) is 75.6 Å². The van der Waals surface area contributed by atoms with Crippen LogP contribution in [-0.2, 0) is 4.74 Å². The molecule has 0 aliphatic heterocycles. The van der Waals surface area contributed by atoms with Gasteiger partial charge in [0.05, 0.1) is 6.61 Å². The van der Waals surface area contributed by atoms with E-state index in [1.54, 1.807) is 5.32 Å². The lowest BCUT2D eigenvalue weighted by Crippen LogP contribution is -2.29. The molecule has 0 aromatic heterocycles. The number of unbranched alkanes of at least 4 members (excludes halogenated alkanes) is 3. The zero-order valence-electron chi connectivity index (χ0n) is 7.71. The van der Waals surface area contributed by atoms with Crippen LogP contribution in [0, 0.1) is 0 Å². The van der Waals surface area contributed by atoms with Crippen LogP contribution in [0.2, 0.25) is 0 Å². The second-order valence-electron chi connectivity index (χ2n) is 2.63. The Kier molecular flexibility index (Phi) is 6.68. The molecule has 0 spiro atoms. The maximum atomic E-state index is 10.6. The number of amides is 2. The van der Waals surface area contributed by atoms with Crippen molar-refractivity contribution in [2.75, 3.05) is 6.61 Å². The highest BCUT2D eigenvalue weighted by Gasteiger charge is 2.04. The van der Waals surface area contributed by atoms with Crippen LogP contribution >= 0.6 is 0 Å². The molecule has 13 heavy (non-hydrogen) atoms. The molecule has 5 heteroatoms. The van der Waals surface area contributed by atoms with Crippen molar-refractivity contribution in [3.8, 4) is 0 Å². The maximum absolute atomic E-state index is 10.6. The molecule has 76 valence electrons. The molecule has 0 fully saturated rings. The van der Waals surface area contributed by atoms with Gasteiger partial charge in [-0.15, -0.1) is 0 Å². The molecule has 0 heterocycles. The molecule has 0 bridgehead atoms. The van der Waals surface area contributed by atoms with Gasteiger partial charge in [0.1, 0.15) is 0 Å². The van der Waals surface area contributed by atoms with Gasteiger partial charge in [-0.3, -0.25) is 0 Å². The highest BCUT2D eigenvalue weighted by Crippen LogP contribution is 1.98. The SMILES string of the molecule is CCCCCCOC(=O)NC(=O)O. The molecule has 0 saturated carbocycles. The number of alkyl carbamates (subject to hydrolysis) is 1. The van der Waals surface area contributed by atoms with Crippen LogP contribution in [0.3, 0.4) is 0 Å². The molecule has 0 atom stereocenters. The third-order valence-corrected chi connectivity index (χ3v) is 1.44. The molecule has 0 radical (unpaired) electrons. The van der Waals surface area contributed by atoms with E-state index < -0.39 is 12.2 Å². The van der Waals surface area contributed by atoms with Gasteiger partial charge in [-0.2, -0.15) is 0 Å². The summed E-state index contributed by atoms with van der Waals surface area (Å²) in [5.41, 5.74) is 0. The predicted molar refractivity (Wildman–Crippen MR) is 46.7 cm³/mol. The standard InChI is InChI=1S/C8H15NO4/c1-2-3-4-5-6-13-8(12)9-7(10)11/h2-6H2,1H3,(H,9,12)(H,10,11). The molecule has 0 aliphatic rings. The van der Waals surface area contributed by atoms with E-state index in [0.29, 0.717) is 0 Å². The molecule has 0 rings (SSSR count). The summed E-state index contributed by atoms with van der Waals surface area (Å²) in [4.78, 5) is 20.5. The number of carboxylic acid groups (broad SMARTS) is 1. The third kappa shape index (κ3) is 8.65. The first kappa shape index (κ1) is 11.7. The molecule has 0 unspecified atom stereocenters. The van der Waals surface area contributed by atoms with Crippen LogP contribution in [-0.4, -0.2) is 23.9 Å². The number of hydrogen-bond donors (Lipinski definition) is 2. The third-order valence-electron chi connectivity index (χ3n) is 1.44. The highest BCUT2D eigenvalue weighted by molar-refractivity contribution is 5.86. The van der Waals surface area contributed by atoms with E-state index in [-0.39, 0.29) is 6.61 Å². The van der Waals surface area contributed by atoms with E-state index in [9.17, 15) is 9.59 Å². The molecular formula is C8H15NO4.